The zero-order chi connectivity index (χ0) is 9.10. The molecule has 4 aliphatic rings. The molecule has 0 aliphatic heterocycles. The lowest BCUT2D eigenvalue weighted by molar-refractivity contribution is 0.0492. The molecule has 2 heteroatoms. The highest BCUT2D eigenvalue weighted by Crippen LogP contribution is 2.58. The van der Waals surface area contributed by atoms with E-state index in [1.54, 1.807) is 5.57 Å². The lowest BCUT2D eigenvalue weighted by Gasteiger charge is -2.57. The fourth-order valence-electron chi connectivity index (χ4n) is 4.16. The number of hydrogen-bond donors (Lipinski definition) is 1. The number of allylic oxidation sites excluding steroid dienone is 1. The molecule has 3 unspecified atom stereocenters. The Morgan fingerprint density at radius 3 is 2.92 bits per heavy atom. The van der Waals surface area contributed by atoms with Crippen LogP contribution in [0.15, 0.2) is 11.6 Å². The van der Waals surface area contributed by atoms with E-state index >= 15 is 0 Å². The van der Waals surface area contributed by atoms with Crippen molar-refractivity contribution in [2.45, 2.75) is 44.6 Å². The Balaban J connectivity index is 2.04. The van der Waals surface area contributed by atoms with Crippen LogP contribution >= 0.6 is 11.8 Å². The quantitative estimate of drug-likeness (QED) is 0.504. The molecule has 0 radical (unpaired) electrons. The minimum Gasteiger partial charge on any atom is -0.227 e. The fourth-order valence-corrected chi connectivity index (χ4v) is 4.37. The van der Waals surface area contributed by atoms with E-state index in [0.717, 1.165) is 5.92 Å². The molecule has 72 valence electrons. The van der Waals surface area contributed by atoms with Crippen molar-refractivity contribution < 1.29 is 0 Å². The number of hydrogen-bond acceptors (Lipinski definition) is 1. The Morgan fingerprint density at radius 2 is 2.31 bits per heavy atom. The van der Waals surface area contributed by atoms with Gasteiger partial charge in [-0.3, -0.25) is 0 Å². The number of nitrogens with one attached hydrogen (secondary N) is 1. The SMILES string of the molecule is CC12CC3=CC(C1)CC(NCl)(C3)C2. The van der Waals surface area contributed by atoms with E-state index in [1.165, 1.54) is 32.1 Å². The van der Waals surface area contributed by atoms with E-state index < -0.39 is 0 Å². The Kier molecular flexibility index (Phi) is 1.48. The molecule has 4 rings (SSSR count). The average molecular weight is 198 g/mol. The first-order chi connectivity index (χ1) is 6.13. The molecule has 2 saturated carbocycles. The second-order valence-electron chi connectivity index (χ2n) is 5.71. The standard InChI is InChI=1S/C11H16ClN/c1-10-3-8-2-9(4-10)6-11(5-8,7-10)13-12/h2,8,13H,3-7H2,1H3. The Morgan fingerprint density at radius 1 is 1.46 bits per heavy atom. The van der Waals surface area contributed by atoms with E-state index in [1.807, 2.05) is 0 Å². The van der Waals surface area contributed by atoms with Gasteiger partial charge in [0.05, 0.1) is 0 Å². The summed E-state index contributed by atoms with van der Waals surface area (Å²) in [5.41, 5.74) is 2.46. The van der Waals surface area contributed by atoms with Gasteiger partial charge < -0.3 is 0 Å². The molecule has 0 aromatic carbocycles. The van der Waals surface area contributed by atoms with Crippen LogP contribution in [-0.4, -0.2) is 5.54 Å². The van der Waals surface area contributed by atoms with Crippen molar-refractivity contribution in [3.05, 3.63) is 11.6 Å². The van der Waals surface area contributed by atoms with E-state index in [4.69, 9.17) is 11.8 Å². The van der Waals surface area contributed by atoms with E-state index in [-0.39, 0.29) is 5.54 Å². The van der Waals surface area contributed by atoms with Crippen molar-refractivity contribution in [2.24, 2.45) is 11.3 Å². The van der Waals surface area contributed by atoms with Gasteiger partial charge in [-0.1, -0.05) is 18.6 Å². The van der Waals surface area contributed by atoms with Gasteiger partial charge in [-0.25, -0.2) is 4.84 Å². The Labute approximate surface area is 84.6 Å². The van der Waals surface area contributed by atoms with Crippen LogP contribution in [0, 0.1) is 11.3 Å². The van der Waals surface area contributed by atoms with Gasteiger partial charge in [0.2, 0.25) is 0 Å². The predicted octanol–water partition coefficient (Wildman–Crippen LogP) is 3.01. The topological polar surface area (TPSA) is 12.0 Å². The van der Waals surface area contributed by atoms with Crippen molar-refractivity contribution in [3.63, 3.8) is 0 Å². The Hall–Kier alpha value is -0.0100. The molecule has 4 bridgehead atoms. The summed E-state index contributed by atoms with van der Waals surface area (Å²) in [5, 5.41) is 0. The first kappa shape index (κ1) is 8.31. The lowest BCUT2D eigenvalue weighted by atomic mass is 9.51. The van der Waals surface area contributed by atoms with E-state index in [2.05, 4.69) is 17.8 Å². The van der Waals surface area contributed by atoms with Crippen LogP contribution in [0.25, 0.3) is 0 Å². The van der Waals surface area contributed by atoms with Gasteiger partial charge in [-0.2, -0.15) is 0 Å². The number of halogens is 1. The monoisotopic (exact) mass is 197 g/mol. The zero-order valence-electron chi connectivity index (χ0n) is 8.07. The summed E-state index contributed by atoms with van der Waals surface area (Å²) < 4.78 is 0. The third kappa shape index (κ3) is 1.10. The molecule has 0 aromatic heterocycles. The molecular formula is C11H16ClN. The van der Waals surface area contributed by atoms with Crippen LogP contribution in [-0.2, 0) is 0 Å². The molecule has 0 heterocycles. The summed E-state index contributed by atoms with van der Waals surface area (Å²) in [6.45, 7) is 2.42. The van der Waals surface area contributed by atoms with Gasteiger partial charge in [0.25, 0.3) is 0 Å². The largest absolute Gasteiger partial charge is 0.227 e. The van der Waals surface area contributed by atoms with Crippen LogP contribution in [0.4, 0.5) is 0 Å². The van der Waals surface area contributed by atoms with Gasteiger partial charge >= 0.3 is 0 Å². The van der Waals surface area contributed by atoms with Crippen LogP contribution < -0.4 is 4.84 Å². The molecule has 0 saturated heterocycles. The summed E-state index contributed by atoms with van der Waals surface area (Å²) in [4.78, 5) is 3.07. The van der Waals surface area contributed by atoms with Gasteiger partial charge in [0.1, 0.15) is 0 Å². The molecule has 3 atom stereocenters. The second kappa shape index (κ2) is 2.32. The normalized spacial score (nSPS) is 52.5. The first-order valence-electron chi connectivity index (χ1n) is 5.21. The molecule has 0 aromatic rings. The highest BCUT2D eigenvalue weighted by atomic mass is 35.5. The van der Waals surface area contributed by atoms with Crippen molar-refractivity contribution in [1.29, 1.82) is 0 Å². The highest BCUT2D eigenvalue weighted by molar-refractivity contribution is 6.14. The van der Waals surface area contributed by atoms with Gasteiger partial charge in [0.15, 0.2) is 0 Å². The summed E-state index contributed by atoms with van der Waals surface area (Å²) >= 11 is 5.91. The second-order valence-corrected chi connectivity index (χ2v) is 5.90. The van der Waals surface area contributed by atoms with Crippen molar-refractivity contribution >= 4 is 11.8 Å². The lowest BCUT2D eigenvalue weighted by Crippen LogP contribution is -2.55. The fraction of sp³-hybridized carbons (Fsp3) is 0.818. The van der Waals surface area contributed by atoms with E-state index in [0.29, 0.717) is 5.41 Å². The predicted molar refractivity (Wildman–Crippen MR) is 54.5 cm³/mol. The molecule has 0 spiro atoms. The highest BCUT2D eigenvalue weighted by Gasteiger charge is 2.52. The molecule has 4 aliphatic carbocycles. The maximum atomic E-state index is 5.91. The van der Waals surface area contributed by atoms with Crippen LogP contribution in [0.5, 0.6) is 0 Å². The van der Waals surface area contributed by atoms with Crippen LogP contribution in [0.3, 0.4) is 0 Å². The Bertz CT molecular complexity index is 286. The van der Waals surface area contributed by atoms with Gasteiger partial charge in [0, 0.05) is 5.54 Å². The van der Waals surface area contributed by atoms with Crippen molar-refractivity contribution in [1.82, 2.24) is 4.84 Å². The van der Waals surface area contributed by atoms with Gasteiger partial charge in [-0.05, 0) is 55.2 Å². The molecular weight excluding hydrogens is 182 g/mol. The summed E-state index contributed by atoms with van der Waals surface area (Å²) in [6.07, 6.45) is 8.95. The molecule has 1 nitrogen and oxygen atoms in total. The summed E-state index contributed by atoms with van der Waals surface area (Å²) in [7, 11) is 0. The minimum atomic E-state index is 0.252. The maximum absolute atomic E-state index is 5.91. The van der Waals surface area contributed by atoms with Crippen molar-refractivity contribution in [3.8, 4) is 0 Å². The first-order valence-corrected chi connectivity index (χ1v) is 5.58. The van der Waals surface area contributed by atoms with E-state index in [9.17, 15) is 0 Å². The third-order valence-electron chi connectivity index (χ3n) is 4.06. The zero-order valence-corrected chi connectivity index (χ0v) is 8.82. The average Bonchev–Trinajstić information content (AvgIpc) is 1.99. The molecule has 2 fully saturated rings. The number of rotatable bonds is 1. The maximum Gasteiger partial charge on any atom is 0.0379 e. The van der Waals surface area contributed by atoms with Crippen molar-refractivity contribution in [2.75, 3.05) is 0 Å². The summed E-state index contributed by atoms with van der Waals surface area (Å²) in [6, 6.07) is 0. The third-order valence-corrected chi connectivity index (χ3v) is 4.47. The minimum absolute atomic E-state index is 0.252. The van der Waals surface area contributed by atoms with Crippen LogP contribution in [0.2, 0.25) is 0 Å². The smallest absolute Gasteiger partial charge is 0.0379 e. The van der Waals surface area contributed by atoms with Crippen LogP contribution in [0.1, 0.15) is 39.0 Å². The molecule has 0 amide bonds. The molecule has 1 N–H and O–H groups in total. The molecule has 13 heavy (non-hydrogen) atoms. The van der Waals surface area contributed by atoms with Gasteiger partial charge in [-0.15, -0.1) is 0 Å². The summed E-state index contributed by atoms with van der Waals surface area (Å²) in [5.74, 6) is 0.808.